The molecule has 2 nitrogen and oxygen atoms in total. The summed E-state index contributed by atoms with van der Waals surface area (Å²) in [5.41, 5.74) is 0.295. The van der Waals surface area contributed by atoms with Crippen molar-refractivity contribution < 1.29 is 5.11 Å². The average molecular weight is 187 g/mol. The fourth-order valence-electron chi connectivity index (χ4n) is 0.799. The number of aliphatic hydroxyl groups excluding tert-OH is 1. The van der Waals surface area contributed by atoms with Crippen LogP contribution in [0.1, 0.15) is 41.5 Å². The van der Waals surface area contributed by atoms with E-state index >= 15 is 0 Å². The van der Waals surface area contributed by atoms with Crippen LogP contribution in [0.2, 0.25) is 0 Å². The fourth-order valence-corrected chi connectivity index (χ4v) is 0.799. The summed E-state index contributed by atoms with van der Waals surface area (Å²) in [6.07, 6.45) is -0.275. The molecule has 0 spiro atoms. The van der Waals surface area contributed by atoms with Gasteiger partial charge in [-0.1, -0.05) is 27.7 Å². The third-order valence-corrected chi connectivity index (χ3v) is 3.17. The summed E-state index contributed by atoms with van der Waals surface area (Å²) in [5.74, 6) is 0.654. The summed E-state index contributed by atoms with van der Waals surface area (Å²) >= 11 is 0. The van der Waals surface area contributed by atoms with Crippen LogP contribution in [0.4, 0.5) is 0 Å². The van der Waals surface area contributed by atoms with Gasteiger partial charge in [0.1, 0.15) is 0 Å². The van der Waals surface area contributed by atoms with Gasteiger partial charge in [0.05, 0.1) is 6.10 Å². The van der Waals surface area contributed by atoms with Gasteiger partial charge in [-0.2, -0.15) is 0 Å². The molecule has 0 aliphatic rings. The summed E-state index contributed by atoms with van der Waals surface area (Å²) in [5, 5.41) is 12.6. The Balaban J connectivity index is 3.88. The van der Waals surface area contributed by atoms with Gasteiger partial charge in [0.15, 0.2) is 0 Å². The van der Waals surface area contributed by atoms with Gasteiger partial charge in [-0.15, -0.1) is 0 Å². The van der Waals surface area contributed by atoms with Gasteiger partial charge in [0.25, 0.3) is 0 Å². The van der Waals surface area contributed by atoms with Crippen molar-refractivity contribution >= 4 is 0 Å². The highest BCUT2D eigenvalue weighted by atomic mass is 16.3. The highest BCUT2D eigenvalue weighted by molar-refractivity contribution is 4.78. The molecule has 2 heteroatoms. The Morgan fingerprint density at radius 2 is 1.62 bits per heavy atom. The van der Waals surface area contributed by atoms with Crippen LogP contribution in [0.15, 0.2) is 0 Å². The highest BCUT2D eigenvalue weighted by Crippen LogP contribution is 2.24. The van der Waals surface area contributed by atoms with Crippen molar-refractivity contribution in [2.75, 3.05) is 6.54 Å². The van der Waals surface area contributed by atoms with Crippen LogP contribution in [0.3, 0.4) is 0 Å². The standard InChI is InChI=1S/C11H25NO/c1-8(2)11(5,6)7-12-9(3)10(4)13/h8-10,12-13H,7H2,1-6H3. The van der Waals surface area contributed by atoms with E-state index < -0.39 is 0 Å². The zero-order valence-corrected chi connectivity index (χ0v) is 9.89. The second kappa shape index (κ2) is 4.97. The van der Waals surface area contributed by atoms with E-state index in [1.54, 1.807) is 0 Å². The SMILES string of the molecule is CC(O)C(C)NCC(C)(C)C(C)C. The molecule has 0 saturated carbocycles. The molecule has 2 N–H and O–H groups in total. The first-order chi connectivity index (χ1) is 5.77. The Hall–Kier alpha value is -0.0800. The third kappa shape index (κ3) is 4.63. The lowest BCUT2D eigenvalue weighted by molar-refractivity contribution is 0.136. The van der Waals surface area contributed by atoms with Crippen LogP contribution in [0, 0.1) is 11.3 Å². The Labute approximate surface area is 82.7 Å². The smallest absolute Gasteiger partial charge is 0.0662 e. The summed E-state index contributed by atoms with van der Waals surface area (Å²) in [6.45, 7) is 13.8. The molecular weight excluding hydrogens is 162 g/mol. The summed E-state index contributed by atoms with van der Waals surface area (Å²) in [6, 6.07) is 0.179. The minimum absolute atomic E-state index is 0.179. The number of hydrogen-bond acceptors (Lipinski definition) is 2. The molecule has 0 saturated heterocycles. The number of rotatable bonds is 5. The molecule has 13 heavy (non-hydrogen) atoms. The Morgan fingerprint density at radius 1 is 1.15 bits per heavy atom. The first-order valence-corrected chi connectivity index (χ1v) is 5.19. The summed E-state index contributed by atoms with van der Waals surface area (Å²) in [4.78, 5) is 0. The summed E-state index contributed by atoms with van der Waals surface area (Å²) < 4.78 is 0. The molecule has 0 heterocycles. The first-order valence-electron chi connectivity index (χ1n) is 5.19. The lowest BCUT2D eigenvalue weighted by Crippen LogP contribution is -2.42. The van der Waals surface area contributed by atoms with Crippen LogP contribution >= 0.6 is 0 Å². The van der Waals surface area contributed by atoms with Crippen LogP contribution in [-0.2, 0) is 0 Å². The summed E-state index contributed by atoms with van der Waals surface area (Å²) in [7, 11) is 0. The van der Waals surface area contributed by atoms with Crippen molar-refractivity contribution in [3.05, 3.63) is 0 Å². The maximum atomic E-state index is 9.29. The van der Waals surface area contributed by atoms with Crippen molar-refractivity contribution in [2.24, 2.45) is 11.3 Å². The largest absolute Gasteiger partial charge is 0.392 e. The van der Waals surface area contributed by atoms with Crippen molar-refractivity contribution in [2.45, 2.75) is 53.7 Å². The lowest BCUT2D eigenvalue weighted by Gasteiger charge is -2.31. The molecule has 0 aliphatic heterocycles. The van der Waals surface area contributed by atoms with Gasteiger partial charge in [-0.05, 0) is 25.2 Å². The molecule has 0 amide bonds. The van der Waals surface area contributed by atoms with Gasteiger partial charge in [-0.3, -0.25) is 0 Å². The van der Waals surface area contributed by atoms with Crippen LogP contribution < -0.4 is 5.32 Å². The van der Waals surface area contributed by atoms with E-state index in [2.05, 4.69) is 33.0 Å². The molecule has 80 valence electrons. The van der Waals surface area contributed by atoms with Gasteiger partial charge in [-0.25, -0.2) is 0 Å². The van der Waals surface area contributed by atoms with E-state index in [0.29, 0.717) is 11.3 Å². The maximum Gasteiger partial charge on any atom is 0.0662 e. The lowest BCUT2D eigenvalue weighted by atomic mass is 9.81. The monoisotopic (exact) mass is 187 g/mol. The second-order valence-electron chi connectivity index (χ2n) is 5.05. The van der Waals surface area contributed by atoms with E-state index in [-0.39, 0.29) is 12.1 Å². The Bertz CT molecular complexity index is 141. The second-order valence-corrected chi connectivity index (χ2v) is 5.05. The highest BCUT2D eigenvalue weighted by Gasteiger charge is 2.23. The minimum atomic E-state index is -0.275. The number of aliphatic hydroxyl groups is 1. The molecule has 0 fully saturated rings. The predicted molar refractivity (Wildman–Crippen MR) is 57.8 cm³/mol. The minimum Gasteiger partial charge on any atom is -0.392 e. The first kappa shape index (κ1) is 12.9. The van der Waals surface area contributed by atoms with E-state index in [1.165, 1.54) is 0 Å². The Morgan fingerprint density at radius 3 is 1.92 bits per heavy atom. The molecule has 0 radical (unpaired) electrons. The molecule has 0 aromatic carbocycles. The van der Waals surface area contributed by atoms with E-state index in [4.69, 9.17) is 0 Å². The predicted octanol–water partition coefficient (Wildman–Crippen LogP) is 2.03. The molecule has 2 atom stereocenters. The average Bonchev–Trinajstić information content (AvgIpc) is 1.99. The van der Waals surface area contributed by atoms with Gasteiger partial charge < -0.3 is 10.4 Å². The molecule has 0 aliphatic carbocycles. The topological polar surface area (TPSA) is 32.3 Å². The van der Waals surface area contributed by atoms with Crippen LogP contribution in [-0.4, -0.2) is 23.8 Å². The Kier molecular flexibility index (Phi) is 4.93. The van der Waals surface area contributed by atoms with E-state index in [9.17, 15) is 5.11 Å². The molecule has 2 unspecified atom stereocenters. The number of hydrogen-bond donors (Lipinski definition) is 2. The van der Waals surface area contributed by atoms with Gasteiger partial charge in [0.2, 0.25) is 0 Å². The molecule has 0 rings (SSSR count). The number of nitrogens with one attached hydrogen (secondary N) is 1. The zero-order chi connectivity index (χ0) is 10.6. The normalized spacial score (nSPS) is 17.5. The molecule has 0 bridgehead atoms. The quantitative estimate of drug-likeness (QED) is 0.690. The third-order valence-electron chi connectivity index (χ3n) is 3.17. The van der Waals surface area contributed by atoms with E-state index in [1.807, 2.05) is 13.8 Å². The molecule has 0 aromatic rings. The van der Waals surface area contributed by atoms with Crippen molar-refractivity contribution in [3.63, 3.8) is 0 Å². The van der Waals surface area contributed by atoms with Crippen LogP contribution in [0.5, 0.6) is 0 Å². The van der Waals surface area contributed by atoms with Crippen LogP contribution in [0.25, 0.3) is 0 Å². The van der Waals surface area contributed by atoms with Gasteiger partial charge in [0, 0.05) is 12.6 Å². The van der Waals surface area contributed by atoms with E-state index in [0.717, 1.165) is 6.54 Å². The van der Waals surface area contributed by atoms with Crippen molar-refractivity contribution in [3.8, 4) is 0 Å². The van der Waals surface area contributed by atoms with Crippen molar-refractivity contribution in [1.82, 2.24) is 5.32 Å². The maximum absolute atomic E-state index is 9.29. The zero-order valence-electron chi connectivity index (χ0n) is 9.89. The van der Waals surface area contributed by atoms with Crippen molar-refractivity contribution in [1.29, 1.82) is 0 Å². The molecular formula is C11H25NO. The molecule has 0 aromatic heterocycles. The fraction of sp³-hybridized carbons (Fsp3) is 1.00. The van der Waals surface area contributed by atoms with Gasteiger partial charge >= 0.3 is 0 Å².